The number of allylic oxidation sites excluding steroid dienone is 4. The highest BCUT2D eigenvalue weighted by atomic mass is 16.5. The number of hydrogen-bond acceptors (Lipinski definition) is 4. The number of esters is 1. The number of hydrogen-bond donors (Lipinski definition) is 1. The maximum atomic E-state index is 11.7. The fraction of sp³-hybridized carbons (Fsp3) is 0.409. The van der Waals surface area contributed by atoms with Crippen molar-refractivity contribution in [3.8, 4) is 5.75 Å². The number of carbonyl (C=O) groups is 1. The zero-order valence-electron chi connectivity index (χ0n) is 16.2. The lowest BCUT2D eigenvalue weighted by Crippen LogP contribution is -2.31. The second kappa shape index (κ2) is 7.12. The molecule has 1 aliphatic heterocycles. The number of carbonyl (C=O) groups excluding carboxylic acids is 1. The zero-order valence-corrected chi connectivity index (χ0v) is 16.2. The quantitative estimate of drug-likeness (QED) is 0.496. The highest BCUT2D eigenvalue weighted by Gasteiger charge is 2.32. The fourth-order valence-electron chi connectivity index (χ4n) is 3.59. The Balaban J connectivity index is 1.97. The van der Waals surface area contributed by atoms with Crippen molar-refractivity contribution in [1.29, 1.82) is 0 Å². The molecule has 1 aromatic carbocycles. The highest BCUT2D eigenvalue weighted by Crippen LogP contribution is 2.46. The van der Waals surface area contributed by atoms with Crippen LogP contribution in [-0.2, 0) is 4.79 Å². The van der Waals surface area contributed by atoms with E-state index in [4.69, 9.17) is 4.74 Å². The molecule has 0 saturated carbocycles. The third-order valence-corrected chi connectivity index (χ3v) is 5.26. The first-order chi connectivity index (χ1) is 12.3. The Bertz CT molecular complexity index is 826. The molecule has 0 spiro atoms. The molecule has 1 heterocycles. The highest BCUT2D eigenvalue weighted by molar-refractivity contribution is 5.77. The molecule has 138 valence electrons. The van der Waals surface area contributed by atoms with Crippen LogP contribution in [-0.4, -0.2) is 28.6 Å². The van der Waals surface area contributed by atoms with Gasteiger partial charge in [-0.05, 0) is 75.9 Å². The maximum absolute atomic E-state index is 11.7. The molecule has 0 saturated heterocycles. The van der Waals surface area contributed by atoms with Crippen LogP contribution >= 0.6 is 0 Å². The van der Waals surface area contributed by atoms with Gasteiger partial charge in [0.05, 0.1) is 0 Å². The fourth-order valence-corrected chi connectivity index (χ4v) is 3.59. The molecular formula is C22H27NO3. The van der Waals surface area contributed by atoms with Crippen LogP contribution < -0.4 is 4.74 Å². The van der Waals surface area contributed by atoms with Crippen LogP contribution in [0.4, 0.5) is 0 Å². The minimum atomic E-state index is -1.13. The lowest BCUT2D eigenvalue weighted by Gasteiger charge is -2.41. The average Bonchev–Trinajstić information content (AvgIpc) is 2.59. The van der Waals surface area contributed by atoms with Crippen LogP contribution in [0.3, 0.4) is 0 Å². The molecule has 2 unspecified atom stereocenters. The van der Waals surface area contributed by atoms with E-state index in [1.165, 1.54) is 40.6 Å². The van der Waals surface area contributed by atoms with Crippen LogP contribution in [0.25, 0.3) is 6.08 Å². The molecule has 4 heteroatoms. The minimum Gasteiger partial charge on any atom is -0.425 e. The van der Waals surface area contributed by atoms with E-state index in [0.717, 1.165) is 13.0 Å². The van der Waals surface area contributed by atoms with E-state index in [1.807, 2.05) is 12.1 Å². The molecule has 0 amide bonds. The lowest BCUT2D eigenvalue weighted by atomic mass is 9.77. The molecular weight excluding hydrogens is 326 g/mol. The van der Waals surface area contributed by atoms with Gasteiger partial charge in [0.15, 0.2) is 0 Å². The van der Waals surface area contributed by atoms with Crippen molar-refractivity contribution in [2.24, 2.45) is 0 Å². The molecule has 3 rings (SSSR count). The van der Waals surface area contributed by atoms with Gasteiger partial charge in [0.1, 0.15) is 11.9 Å². The summed E-state index contributed by atoms with van der Waals surface area (Å²) in [5.74, 6) is 0.166. The van der Waals surface area contributed by atoms with Gasteiger partial charge in [0, 0.05) is 23.9 Å². The van der Waals surface area contributed by atoms with Crippen molar-refractivity contribution in [2.45, 2.75) is 53.1 Å². The molecule has 26 heavy (non-hydrogen) atoms. The Hall–Kier alpha value is -2.33. The lowest BCUT2D eigenvalue weighted by molar-refractivity contribution is -0.142. The van der Waals surface area contributed by atoms with E-state index in [2.05, 4.69) is 44.7 Å². The molecule has 1 aliphatic carbocycles. The van der Waals surface area contributed by atoms with Crippen LogP contribution in [0.2, 0.25) is 0 Å². The third-order valence-electron chi connectivity index (χ3n) is 5.26. The van der Waals surface area contributed by atoms with Crippen LogP contribution in [0.5, 0.6) is 5.75 Å². The van der Waals surface area contributed by atoms with Crippen molar-refractivity contribution in [3.05, 3.63) is 57.9 Å². The predicted octanol–water partition coefficient (Wildman–Crippen LogP) is 4.38. The number of rotatable bonds is 4. The predicted molar refractivity (Wildman–Crippen MR) is 104 cm³/mol. The maximum Gasteiger partial charge on any atom is 0.340 e. The van der Waals surface area contributed by atoms with Crippen LogP contribution in [0.1, 0.15) is 58.1 Å². The van der Waals surface area contributed by atoms with Crippen LogP contribution in [0, 0.1) is 0 Å². The Morgan fingerprint density at radius 1 is 1.38 bits per heavy atom. The summed E-state index contributed by atoms with van der Waals surface area (Å²) in [7, 11) is 0. The zero-order chi connectivity index (χ0) is 19.0. The third kappa shape index (κ3) is 3.47. The Morgan fingerprint density at radius 2 is 2.12 bits per heavy atom. The molecule has 0 fully saturated rings. The van der Waals surface area contributed by atoms with E-state index in [9.17, 15) is 9.90 Å². The smallest absolute Gasteiger partial charge is 0.340 e. The first-order valence-electron chi connectivity index (χ1n) is 9.10. The molecule has 0 radical (unpaired) electrons. The SMILES string of the molecule is CC(C)=CCN1C2=Cc3ccc(OC(=O)C(C)O)cc3C(C2)C(C)=C1C. The summed E-state index contributed by atoms with van der Waals surface area (Å²) in [5.41, 5.74) is 7.65. The summed E-state index contributed by atoms with van der Waals surface area (Å²) < 4.78 is 5.28. The Labute approximate surface area is 155 Å². The molecule has 4 nitrogen and oxygen atoms in total. The van der Waals surface area contributed by atoms with Gasteiger partial charge in [-0.25, -0.2) is 4.79 Å². The van der Waals surface area contributed by atoms with Gasteiger partial charge in [0.2, 0.25) is 0 Å². The van der Waals surface area contributed by atoms with Crippen molar-refractivity contribution in [2.75, 3.05) is 6.54 Å². The average molecular weight is 353 g/mol. The van der Waals surface area contributed by atoms with Gasteiger partial charge in [-0.1, -0.05) is 17.7 Å². The number of fused-ring (bicyclic) bond motifs is 4. The number of nitrogens with zero attached hydrogens (tertiary/aromatic N) is 1. The van der Waals surface area contributed by atoms with Crippen molar-refractivity contribution in [1.82, 2.24) is 4.90 Å². The first-order valence-corrected chi connectivity index (χ1v) is 9.10. The molecule has 0 aromatic heterocycles. The van der Waals surface area contributed by atoms with Gasteiger partial charge in [0.25, 0.3) is 0 Å². The largest absolute Gasteiger partial charge is 0.425 e. The van der Waals surface area contributed by atoms with Crippen LogP contribution in [0.15, 0.2) is 46.8 Å². The van der Waals surface area contributed by atoms with E-state index in [-0.39, 0.29) is 0 Å². The second-order valence-corrected chi connectivity index (χ2v) is 7.44. The summed E-state index contributed by atoms with van der Waals surface area (Å²) in [5, 5.41) is 9.36. The van der Waals surface area contributed by atoms with E-state index >= 15 is 0 Å². The standard InChI is InChI=1S/C22H27NO3/c1-13(2)8-9-23-15(4)14(3)20-11-18(23)10-17-6-7-19(12-21(17)20)26-22(25)16(5)24/h6-8,10,12,16,20,24H,9,11H2,1-5H3. The number of aliphatic hydroxyl groups is 1. The topological polar surface area (TPSA) is 49.8 Å². The van der Waals surface area contributed by atoms with Gasteiger partial charge in [-0.3, -0.25) is 0 Å². The van der Waals surface area contributed by atoms with Gasteiger partial charge in [-0.2, -0.15) is 0 Å². The Morgan fingerprint density at radius 3 is 2.77 bits per heavy atom. The van der Waals surface area contributed by atoms with Gasteiger partial charge in [-0.15, -0.1) is 0 Å². The molecule has 1 aromatic rings. The van der Waals surface area contributed by atoms with Gasteiger partial charge >= 0.3 is 5.97 Å². The monoisotopic (exact) mass is 353 g/mol. The molecule has 2 atom stereocenters. The van der Waals surface area contributed by atoms with E-state index in [0.29, 0.717) is 11.7 Å². The number of ether oxygens (including phenoxy) is 1. The number of aliphatic hydroxyl groups excluding tert-OH is 1. The normalized spacial score (nSPS) is 19.5. The molecule has 1 N–H and O–H groups in total. The number of benzene rings is 1. The second-order valence-electron chi connectivity index (χ2n) is 7.44. The first kappa shape index (κ1) is 18.5. The summed E-state index contributed by atoms with van der Waals surface area (Å²) in [4.78, 5) is 14.1. The molecule has 2 aliphatic rings. The van der Waals surface area contributed by atoms with Crippen molar-refractivity contribution < 1.29 is 14.6 Å². The van der Waals surface area contributed by atoms with Crippen molar-refractivity contribution >= 4 is 12.0 Å². The summed E-state index contributed by atoms with van der Waals surface area (Å²) >= 11 is 0. The molecule has 2 bridgehead atoms. The summed E-state index contributed by atoms with van der Waals surface area (Å²) in [6.07, 6.45) is 4.33. The summed E-state index contributed by atoms with van der Waals surface area (Å²) in [6.45, 7) is 10.9. The Kier molecular flexibility index (Phi) is 5.05. The van der Waals surface area contributed by atoms with Crippen molar-refractivity contribution in [3.63, 3.8) is 0 Å². The summed E-state index contributed by atoms with van der Waals surface area (Å²) in [6, 6.07) is 5.73. The minimum absolute atomic E-state index is 0.304. The van der Waals surface area contributed by atoms with E-state index in [1.54, 1.807) is 6.07 Å². The van der Waals surface area contributed by atoms with E-state index < -0.39 is 12.1 Å². The van der Waals surface area contributed by atoms with Gasteiger partial charge < -0.3 is 14.7 Å².